The summed E-state index contributed by atoms with van der Waals surface area (Å²) in [5, 5.41) is 1.22. The summed E-state index contributed by atoms with van der Waals surface area (Å²) in [5.41, 5.74) is 2.56. The molecule has 3 aromatic rings. The SMILES string of the molecule is COc1ccc(N2CCN(c3ncnc4sc(C)c(C)c34)CC2)cc1. The van der Waals surface area contributed by atoms with Crippen molar-refractivity contribution in [1.82, 2.24) is 9.97 Å². The molecule has 1 aliphatic heterocycles. The van der Waals surface area contributed by atoms with E-state index in [0.717, 1.165) is 42.6 Å². The zero-order valence-electron chi connectivity index (χ0n) is 14.8. The highest BCUT2D eigenvalue weighted by Gasteiger charge is 2.22. The summed E-state index contributed by atoms with van der Waals surface area (Å²) in [6, 6.07) is 8.30. The standard InChI is InChI=1S/C19H22N4OS/c1-13-14(2)25-19-17(13)18(20-12-21-19)23-10-8-22(9-11-23)15-4-6-16(24-3)7-5-15/h4-7,12H,8-11H2,1-3H3. The van der Waals surface area contributed by atoms with Gasteiger partial charge in [0.25, 0.3) is 0 Å². The first-order valence-corrected chi connectivity index (χ1v) is 9.33. The van der Waals surface area contributed by atoms with Gasteiger partial charge in [0, 0.05) is 36.7 Å². The number of aromatic nitrogens is 2. The lowest BCUT2D eigenvalue weighted by Gasteiger charge is -2.37. The Labute approximate surface area is 151 Å². The summed E-state index contributed by atoms with van der Waals surface area (Å²) in [7, 11) is 1.70. The average molecular weight is 354 g/mol. The van der Waals surface area contributed by atoms with E-state index in [1.54, 1.807) is 24.8 Å². The number of rotatable bonds is 3. The van der Waals surface area contributed by atoms with Crippen molar-refractivity contribution in [2.75, 3.05) is 43.1 Å². The molecule has 0 atom stereocenters. The van der Waals surface area contributed by atoms with Crippen LogP contribution in [0.1, 0.15) is 10.4 Å². The summed E-state index contributed by atoms with van der Waals surface area (Å²) in [6.07, 6.45) is 1.70. The second kappa shape index (κ2) is 6.52. The van der Waals surface area contributed by atoms with Gasteiger partial charge in [0.2, 0.25) is 0 Å². The largest absolute Gasteiger partial charge is 0.497 e. The van der Waals surface area contributed by atoms with Gasteiger partial charge < -0.3 is 14.5 Å². The van der Waals surface area contributed by atoms with Crippen LogP contribution in [0.5, 0.6) is 5.75 Å². The molecule has 0 saturated carbocycles. The van der Waals surface area contributed by atoms with E-state index in [2.05, 4.69) is 45.7 Å². The van der Waals surface area contributed by atoms with Gasteiger partial charge in [-0.1, -0.05) is 0 Å². The third-order valence-electron chi connectivity index (χ3n) is 4.96. The van der Waals surface area contributed by atoms with Gasteiger partial charge in [0.15, 0.2) is 0 Å². The minimum absolute atomic E-state index is 0.897. The Morgan fingerprint density at radius 1 is 0.960 bits per heavy atom. The normalized spacial score (nSPS) is 15.0. The van der Waals surface area contributed by atoms with Crippen molar-refractivity contribution >= 4 is 33.1 Å². The monoisotopic (exact) mass is 354 g/mol. The number of anilines is 2. The average Bonchev–Trinajstić information content (AvgIpc) is 2.96. The van der Waals surface area contributed by atoms with Gasteiger partial charge in [-0.05, 0) is 43.7 Å². The fraction of sp³-hybridized carbons (Fsp3) is 0.368. The molecule has 0 amide bonds. The van der Waals surface area contributed by atoms with Gasteiger partial charge in [0.05, 0.1) is 12.5 Å². The van der Waals surface area contributed by atoms with Crippen LogP contribution >= 0.6 is 11.3 Å². The molecule has 1 aromatic carbocycles. The lowest BCUT2D eigenvalue weighted by molar-refractivity contribution is 0.415. The second-order valence-corrected chi connectivity index (χ2v) is 7.54. The first kappa shape index (κ1) is 16.1. The molecule has 6 heteroatoms. The number of nitrogens with zero attached hydrogens (tertiary/aromatic N) is 4. The van der Waals surface area contributed by atoms with Crippen LogP contribution in [-0.2, 0) is 0 Å². The summed E-state index contributed by atoms with van der Waals surface area (Å²) in [6.45, 7) is 8.24. The Morgan fingerprint density at radius 2 is 1.64 bits per heavy atom. The molecule has 0 radical (unpaired) electrons. The van der Waals surface area contributed by atoms with E-state index < -0.39 is 0 Å². The molecule has 2 aromatic heterocycles. The van der Waals surface area contributed by atoms with E-state index in [-0.39, 0.29) is 0 Å². The minimum Gasteiger partial charge on any atom is -0.497 e. The first-order valence-electron chi connectivity index (χ1n) is 8.52. The van der Waals surface area contributed by atoms with Crippen LogP contribution in [0, 0.1) is 13.8 Å². The zero-order chi connectivity index (χ0) is 17.4. The Balaban J connectivity index is 1.54. The summed E-state index contributed by atoms with van der Waals surface area (Å²) >= 11 is 1.76. The molecule has 0 bridgehead atoms. The van der Waals surface area contributed by atoms with Crippen molar-refractivity contribution in [3.8, 4) is 5.75 Å². The van der Waals surface area contributed by atoms with Crippen molar-refractivity contribution in [2.24, 2.45) is 0 Å². The predicted molar refractivity (Wildman–Crippen MR) is 104 cm³/mol. The topological polar surface area (TPSA) is 41.5 Å². The van der Waals surface area contributed by atoms with Gasteiger partial charge in [0.1, 0.15) is 22.7 Å². The number of hydrogen-bond acceptors (Lipinski definition) is 6. The lowest BCUT2D eigenvalue weighted by Crippen LogP contribution is -2.46. The molecule has 1 fully saturated rings. The van der Waals surface area contributed by atoms with Gasteiger partial charge in [-0.25, -0.2) is 9.97 Å². The third kappa shape index (κ3) is 2.91. The highest BCUT2D eigenvalue weighted by atomic mass is 32.1. The van der Waals surface area contributed by atoms with E-state index in [4.69, 9.17) is 4.74 Å². The molecule has 3 heterocycles. The van der Waals surface area contributed by atoms with Gasteiger partial charge >= 0.3 is 0 Å². The molecule has 130 valence electrons. The summed E-state index contributed by atoms with van der Waals surface area (Å²) in [4.78, 5) is 16.3. The maximum atomic E-state index is 5.25. The van der Waals surface area contributed by atoms with Crippen LogP contribution in [0.2, 0.25) is 0 Å². The molecular formula is C19H22N4OS. The van der Waals surface area contributed by atoms with E-state index in [0.29, 0.717) is 0 Å². The molecule has 1 saturated heterocycles. The van der Waals surface area contributed by atoms with Crippen LogP contribution in [0.4, 0.5) is 11.5 Å². The Hall–Kier alpha value is -2.34. The van der Waals surface area contributed by atoms with Crippen molar-refractivity contribution < 1.29 is 4.74 Å². The summed E-state index contributed by atoms with van der Waals surface area (Å²) in [5.74, 6) is 1.98. The number of ether oxygens (including phenoxy) is 1. The maximum absolute atomic E-state index is 5.25. The molecule has 0 N–H and O–H groups in total. The smallest absolute Gasteiger partial charge is 0.141 e. The van der Waals surface area contributed by atoms with Gasteiger partial charge in [-0.3, -0.25) is 0 Å². The highest BCUT2D eigenvalue weighted by Crippen LogP contribution is 2.34. The number of hydrogen-bond donors (Lipinski definition) is 0. The third-order valence-corrected chi connectivity index (χ3v) is 6.08. The number of benzene rings is 1. The number of piperazine rings is 1. The molecule has 1 aliphatic rings. The predicted octanol–water partition coefficient (Wildman–Crippen LogP) is 3.64. The van der Waals surface area contributed by atoms with Crippen LogP contribution in [0.25, 0.3) is 10.2 Å². The van der Waals surface area contributed by atoms with Crippen molar-refractivity contribution in [3.63, 3.8) is 0 Å². The van der Waals surface area contributed by atoms with Crippen LogP contribution in [-0.4, -0.2) is 43.3 Å². The number of fused-ring (bicyclic) bond motifs is 1. The second-order valence-electron chi connectivity index (χ2n) is 6.33. The molecule has 4 rings (SSSR count). The van der Waals surface area contributed by atoms with Crippen molar-refractivity contribution in [1.29, 1.82) is 0 Å². The molecule has 0 unspecified atom stereocenters. The zero-order valence-corrected chi connectivity index (χ0v) is 15.6. The minimum atomic E-state index is 0.897. The van der Waals surface area contributed by atoms with Gasteiger partial charge in [-0.2, -0.15) is 0 Å². The van der Waals surface area contributed by atoms with E-state index >= 15 is 0 Å². The molecule has 0 aliphatic carbocycles. The lowest BCUT2D eigenvalue weighted by atomic mass is 10.2. The first-order chi connectivity index (χ1) is 12.2. The molecule has 25 heavy (non-hydrogen) atoms. The number of thiophene rings is 1. The van der Waals surface area contributed by atoms with E-state index in [1.165, 1.54) is 21.5 Å². The molecular weight excluding hydrogens is 332 g/mol. The summed E-state index contributed by atoms with van der Waals surface area (Å²) < 4.78 is 5.25. The van der Waals surface area contributed by atoms with Crippen LogP contribution in [0.3, 0.4) is 0 Å². The fourth-order valence-corrected chi connectivity index (χ4v) is 4.36. The van der Waals surface area contributed by atoms with Gasteiger partial charge in [-0.15, -0.1) is 11.3 Å². The van der Waals surface area contributed by atoms with Crippen molar-refractivity contribution in [2.45, 2.75) is 13.8 Å². The van der Waals surface area contributed by atoms with E-state index in [9.17, 15) is 0 Å². The van der Waals surface area contributed by atoms with Crippen LogP contribution < -0.4 is 14.5 Å². The number of methoxy groups -OCH3 is 1. The van der Waals surface area contributed by atoms with Crippen LogP contribution in [0.15, 0.2) is 30.6 Å². The Morgan fingerprint density at radius 3 is 2.32 bits per heavy atom. The Bertz CT molecular complexity index is 882. The highest BCUT2D eigenvalue weighted by molar-refractivity contribution is 7.18. The van der Waals surface area contributed by atoms with E-state index in [1.807, 2.05) is 12.1 Å². The maximum Gasteiger partial charge on any atom is 0.141 e. The number of aryl methyl sites for hydroxylation is 2. The molecule has 5 nitrogen and oxygen atoms in total. The molecule has 0 spiro atoms. The quantitative estimate of drug-likeness (QED) is 0.718. The van der Waals surface area contributed by atoms with Crippen molar-refractivity contribution in [3.05, 3.63) is 41.0 Å². The Kier molecular flexibility index (Phi) is 4.21. The fourth-order valence-electron chi connectivity index (χ4n) is 3.37.